The Morgan fingerprint density at radius 2 is 1.83 bits per heavy atom. The third-order valence-corrected chi connectivity index (χ3v) is 5.83. The summed E-state index contributed by atoms with van der Waals surface area (Å²) in [6.07, 6.45) is 1.96. The van der Waals surface area contributed by atoms with Crippen LogP contribution in [0.4, 0.5) is 0 Å². The van der Waals surface area contributed by atoms with Crippen molar-refractivity contribution >= 4 is 15.8 Å². The Morgan fingerprint density at radius 1 is 1.07 bits per heavy atom. The van der Waals surface area contributed by atoms with E-state index in [-0.39, 0.29) is 0 Å². The average molecular weight is 434 g/mol. The third kappa shape index (κ3) is 6.66. The molecule has 0 aliphatic carbocycles. The van der Waals surface area contributed by atoms with Crippen LogP contribution >= 0.6 is 0 Å². The van der Waals surface area contributed by atoms with Crippen molar-refractivity contribution in [2.45, 2.75) is 31.7 Å². The second kappa shape index (κ2) is 10.9. The predicted octanol–water partition coefficient (Wildman–Crippen LogP) is 2.71. The van der Waals surface area contributed by atoms with Crippen LogP contribution in [-0.2, 0) is 22.8 Å². The van der Waals surface area contributed by atoms with Crippen LogP contribution in [0.25, 0.3) is 0 Å². The topological polar surface area (TPSA) is 89.0 Å². The van der Waals surface area contributed by atoms with E-state index in [0.29, 0.717) is 23.9 Å². The fourth-order valence-corrected chi connectivity index (χ4v) is 4.09. The summed E-state index contributed by atoms with van der Waals surface area (Å²) in [6, 6.07) is 11.1. The second-order valence-electron chi connectivity index (χ2n) is 6.92. The van der Waals surface area contributed by atoms with Gasteiger partial charge in [0, 0.05) is 19.3 Å². The molecule has 2 aromatic rings. The average Bonchev–Trinajstić information content (AvgIpc) is 2.71. The number of sulfone groups is 1. The molecule has 7 nitrogen and oxygen atoms in total. The number of aliphatic imine (C=N–C) groups is 1. The van der Waals surface area contributed by atoms with Crippen molar-refractivity contribution in [1.29, 1.82) is 0 Å². The maximum atomic E-state index is 11.8. The lowest BCUT2D eigenvalue weighted by Gasteiger charge is -2.14. The smallest absolute Gasteiger partial charge is 0.191 e. The Balaban J connectivity index is 2.04. The zero-order valence-electron chi connectivity index (χ0n) is 18.3. The monoisotopic (exact) mass is 433 g/mol. The van der Waals surface area contributed by atoms with Gasteiger partial charge < -0.3 is 20.1 Å². The fourth-order valence-electron chi connectivity index (χ4n) is 3.13. The first kappa shape index (κ1) is 23.5. The van der Waals surface area contributed by atoms with Crippen LogP contribution in [0.1, 0.15) is 23.6 Å². The van der Waals surface area contributed by atoms with E-state index in [1.54, 1.807) is 33.3 Å². The lowest BCUT2D eigenvalue weighted by molar-refractivity contribution is 0.398. The van der Waals surface area contributed by atoms with Gasteiger partial charge in [-0.3, -0.25) is 0 Å². The van der Waals surface area contributed by atoms with Crippen molar-refractivity contribution in [2.75, 3.05) is 33.6 Å². The molecule has 0 heterocycles. The summed E-state index contributed by atoms with van der Waals surface area (Å²) in [4.78, 5) is 4.97. The number of hydrogen-bond donors (Lipinski definition) is 2. The molecule has 0 aromatic heterocycles. The molecule has 2 N–H and O–H groups in total. The van der Waals surface area contributed by atoms with Gasteiger partial charge in [-0.2, -0.15) is 0 Å². The highest BCUT2D eigenvalue weighted by Gasteiger charge is 2.11. The van der Waals surface area contributed by atoms with Crippen molar-refractivity contribution in [3.63, 3.8) is 0 Å². The molecule has 2 aromatic carbocycles. The largest absolute Gasteiger partial charge is 0.497 e. The quantitative estimate of drug-likeness (QED) is 0.467. The summed E-state index contributed by atoms with van der Waals surface area (Å²) in [5.74, 6) is 2.31. The number of methoxy groups -OCH3 is 2. The van der Waals surface area contributed by atoms with Crippen LogP contribution in [0.15, 0.2) is 46.3 Å². The van der Waals surface area contributed by atoms with Crippen molar-refractivity contribution in [3.05, 3.63) is 53.1 Å². The lowest BCUT2D eigenvalue weighted by atomic mass is 10.1. The summed E-state index contributed by atoms with van der Waals surface area (Å²) in [7, 11) is 0.0778. The van der Waals surface area contributed by atoms with Crippen LogP contribution in [0, 0.1) is 6.92 Å². The lowest BCUT2D eigenvalue weighted by Crippen LogP contribution is -2.38. The summed E-state index contributed by atoms with van der Waals surface area (Å²) < 4.78 is 34.3. The summed E-state index contributed by atoms with van der Waals surface area (Å²) in [5, 5.41) is 6.55. The Bertz CT molecular complexity index is 988. The van der Waals surface area contributed by atoms with Gasteiger partial charge in [0.1, 0.15) is 11.5 Å². The molecule has 0 spiro atoms. The first-order chi connectivity index (χ1) is 14.3. The molecular weight excluding hydrogens is 402 g/mol. The Hall–Kier alpha value is -2.74. The van der Waals surface area contributed by atoms with Gasteiger partial charge in [0.15, 0.2) is 15.8 Å². The minimum atomic E-state index is -3.22. The standard InChI is InChI=1S/C22H31N3O4S/c1-6-23-22(24-12-11-18-14-19(28-3)8-9-20(18)29-4)25-15-17-7-10-21(16(2)13-17)30(5,26)27/h7-10,13-14H,6,11-12,15H2,1-5H3,(H2,23,24,25). The number of guanidine groups is 1. The van der Waals surface area contributed by atoms with E-state index >= 15 is 0 Å². The number of nitrogens with one attached hydrogen (secondary N) is 2. The number of aryl methyl sites for hydroxylation is 1. The molecule has 0 fully saturated rings. The molecule has 0 amide bonds. The van der Waals surface area contributed by atoms with Gasteiger partial charge in [0.2, 0.25) is 0 Å². The van der Waals surface area contributed by atoms with E-state index in [2.05, 4.69) is 15.6 Å². The van der Waals surface area contributed by atoms with Gasteiger partial charge in [0.05, 0.1) is 25.7 Å². The van der Waals surface area contributed by atoms with E-state index in [1.165, 1.54) is 6.26 Å². The first-order valence-electron chi connectivity index (χ1n) is 9.81. The zero-order chi connectivity index (χ0) is 22.1. The van der Waals surface area contributed by atoms with Crippen LogP contribution in [0.2, 0.25) is 0 Å². The first-order valence-corrected chi connectivity index (χ1v) is 11.7. The van der Waals surface area contributed by atoms with Crippen LogP contribution < -0.4 is 20.1 Å². The van der Waals surface area contributed by atoms with Crippen LogP contribution in [0.3, 0.4) is 0 Å². The van der Waals surface area contributed by atoms with Gasteiger partial charge in [-0.25, -0.2) is 13.4 Å². The second-order valence-corrected chi connectivity index (χ2v) is 8.91. The van der Waals surface area contributed by atoms with Crippen LogP contribution in [-0.4, -0.2) is 47.9 Å². The molecule has 0 saturated heterocycles. The third-order valence-electron chi connectivity index (χ3n) is 4.58. The number of ether oxygens (including phenoxy) is 2. The minimum Gasteiger partial charge on any atom is -0.497 e. The van der Waals surface area contributed by atoms with E-state index in [1.807, 2.05) is 31.2 Å². The van der Waals surface area contributed by atoms with Crippen molar-refractivity contribution in [1.82, 2.24) is 10.6 Å². The number of nitrogens with zero attached hydrogens (tertiary/aromatic N) is 1. The van der Waals surface area contributed by atoms with E-state index in [0.717, 1.165) is 41.2 Å². The molecule has 0 aliphatic heterocycles. The number of rotatable bonds is 9. The van der Waals surface area contributed by atoms with Crippen LogP contribution in [0.5, 0.6) is 11.5 Å². The van der Waals surface area contributed by atoms with Gasteiger partial charge in [-0.05, 0) is 61.2 Å². The normalized spacial score (nSPS) is 11.8. The Kier molecular flexibility index (Phi) is 8.53. The molecular formula is C22H31N3O4S. The maximum absolute atomic E-state index is 11.8. The SMILES string of the molecule is CCNC(=NCc1ccc(S(C)(=O)=O)c(C)c1)NCCc1cc(OC)ccc1OC. The summed E-state index contributed by atoms with van der Waals surface area (Å²) in [6.45, 7) is 5.66. The molecule has 8 heteroatoms. The van der Waals surface area contributed by atoms with Crippen molar-refractivity contribution < 1.29 is 17.9 Å². The fraction of sp³-hybridized carbons (Fsp3) is 0.409. The molecule has 0 radical (unpaired) electrons. The van der Waals surface area contributed by atoms with Gasteiger partial charge in [-0.1, -0.05) is 12.1 Å². The van der Waals surface area contributed by atoms with Crippen molar-refractivity contribution in [3.8, 4) is 11.5 Å². The van der Waals surface area contributed by atoms with E-state index in [9.17, 15) is 8.42 Å². The highest BCUT2D eigenvalue weighted by molar-refractivity contribution is 7.90. The zero-order valence-corrected chi connectivity index (χ0v) is 19.1. The summed E-state index contributed by atoms with van der Waals surface area (Å²) >= 11 is 0. The maximum Gasteiger partial charge on any atom is 0.191 e. The van der Waals surface area contributed by atoms with Gasteiger partial charge in [0.25, 0.3) is 0 Å². The molecule has 2 rings (SSSR count). The molecule has 30 heavy (non-hydrogen) atoms. The van der Waals surface area contributed by atoms with Gasteiger partial charge in [-0.15, -0.1) is 0 Å². The molecule has 0 unspecified atom stereocenters. The Labute approximate surface area is 179 Å². The van der Waals surface area contributed by atoms with E-state index in [4.69, 9.17) is 9.47 Å². The molecule has 0 bridgehead atoms. The molecule has 0 aliphatic rings. The number of hydrogen-bond acceptors (Lipinski definition) is 5. The summed E-state index contributed by atoms with van der Waals surface area (Å²) in [5.41, 5.74) is 2.73. The highest BCUT2D eigenvalue weighted by atomic mass is 32.2. The van der Waals surface area contributed by atoms with E-state index < -0.39 is 9.84 Å². The molecule has 164 valence electrons. The predicted molar refractivity (Wildman–Crippen MR) is 120 cm³/mol. The Morgan fingerprint density at radius 3 is 2.43 bits per heavy atom. The highest BCUT2D eigenvalue weighted by Crippen LogP contribution is 2.24. The van der Waals surface area contributed by atoms with Gasteiger partial charge >= 0.3 is 0 Å². The molecule has 0 saturated carbocycles. The minimum absolute atomic E-state index is 0.354. The number of benzene rings is 2. The van der Waals surface area contributed by atoms with Crippen molar-refractivity contribution in [2.24, 2.45) is 4.99 Å². The molecule has 0 atom stereocenters.